The molecule has 0 fully saturated rings. The van der Waals surface area contributed by atoms with E-state index in [0.717, 1.165) is 11.1 Å². The molecule has 2 aromatic rings. The number of hydrogen-bond acceptors (Lipinski definition) is 4. The van der Waals surface area contributed by atoms with Crippen molar-refractivity contribution < 1.29 is 17.9 Å². The molecule has 0 spiro atoms. The lowest BCUT2D eigenvalue weighted by molar-refractivity contribution is -0.128. The van der Waals surface area contributed by atoms with Gasteiger partial charge in [0.2, 0.25) is 0 Å². The van der Waals surface area contributed by atoms with Gasteiger partial charge < -0.3 is 10.1 Å². The predicted octanol–water partition coefficient (Wildman–Crippen LogP) is 4.25. The molecule has 2 unspecified atom stereocenters. The molecule has 0 radical (unpaired) electrons. The number of carbonyl (C=O) groups excluding carboxylic acids is 1. The van der Waals surface area contributed by atoms with Gasteiger partial charge in [-0.05, 0) is 48.6 Å². The molecule has 0 aliphatic carbocycles. The maximum Gasteiger partial charge on any atom is 0.261 e. The summed E-state index contributed by atoms with van der Waals surface area (Å²) in [5, 5.41) is 3.00. The molecule has 2 aromatic carbocycles. The van der Waals surface area contributed by atoms with Gasteiger partial charge in [0.1, 0.15) is 5.75 Å². The third-order valence-electron chi connectivity index (χ3n) is 4.65. The molecule has 5 nitrogen and oxygen atoms in total. The number of amides is 1. The van der Waals surface area contributed by atoms with Crippen molar-refractivity contribution in [1.82, 2.24) is 5.32 Å². The van der Waals surface area contributed by atoms with Crippen LogP contribution in [0.3, 0.4) is 0 Å². The zero-order valence-corrected chi connectivity index (χ0v) is 17.9. The van der Waals surface area contributed by atoms with E-state index in [0.29, 0.717) is 18.1 Å². The van der Waals surface area contributed by atoms with Crippen molar-refractivity contribution in [3.63, 3.8) is 0 Å². The Balaban J connectivity index is 2.09. The Hall–Kier alpha value is -2.34. The van der Waals surface area contributed by atoms with Crippen LogP contribution >= 0.6 is 0 Å². The quantitative estimate of drug-likeness (QED) is 0.715. The molecule has 0 saturated carbocycles. The van der Waals surface area contributed by atoms with Crippen LogP contribution in [0.25, 0.3) is 0 Å². The molecule has 0 aliphatic rings. The average Bonchev–Trinajstić information content (AvgIpc) is 2.65. The Labute approximate surface area is 168 Å². The second-order valence-corrected chi connectivity index (χ2v) is 9.28. The number of ether oxygens (including phenoxy) is 1. The van der Waals surface area contributed by atoms with E-state index in [1.54, 1.807) is 31.2 Å². The zero-order valence-electron chi connectivity index (χ0n) is 17.1. The number of hydrogen-bond donors (Lipinski definition) is 1. The molecule has 0 bridgehead atoms. The molecule has 0 aliphatic heterocycles. The highest BCUT2D eigenvalue weighted by Crippen LogP contribution is 2.27. The molecule has 0 aromatic heterocycles. The molecular weight excluding hydrogens is 374 g/mol. The van der Waals surface area contributed by atoms with E-state index in [2.05, 4.69) is 19.2 Å². The number of benzene rings is 2. The highest BCUT2D eigenvalue weighted by molar-refractivity contribution is 7.90. The third-order valence-corrected chi connectivity index (χ3v) is 5.78. The lowest BCUT2D eigenvalue weighted by Crippen LogP contribution is -2.38. The van der Waals surface area contributed by atoms with Gasteiger partial charge in [-0.25, -0.2) is 8.42 Å². The van der Waals surface area contributed by atoms with Gasteiger partial charge in [-0.15, -0.1) is 0 Å². The SMILES string of the molecule is CCC(NC(=O)C(C)Oc1ccccc1C(C)C)c1ccc(S(C)(=O)=O)cc1. The van der Waals surface area contributed by atoms with E-state index in [4.69, 9.17) is 4.74 Å². The van der Waals surface area contributed by atoms with Gasteiger partial charge >= 0.3 is 0 Å². The first-order valence-electron chi connectivity index (χ1n) is 9.49. The molecular formula is C22H29NO4S. The topological polar surface area (TPSA) is 72.5 Å². The van der Waals surface area contributed by atoms with Crippen LogP contribution in [0, 0.1) is 0 Å². The van der Waals surface area contributed by atoms with E-state index in [-0.39, 0.29) is 16.8 Å². The number of carbonyl (C=O) groups is 1. The minimum Gasteiger partial charge on any atom is -0.481 e. The van der Waals surface area contributed by atoms with Crippen LogP contribution in [0.1, 0.15) is 57.2 Å². The highest BCUT2D eigenvalue weighted by Gasteiger charge is 2.21. The highest BCUT2D eigenvalue weighted by atomic mass is 32.2. The maximum atomic E-state index is 12.7. The molecule has 28 heavy (non-hydrogen) atoms. The molecule has 1 amide bonds. The fourth-order valence-corrected chi connectivity index (χ4v) is 3.60. The largest absolute Gasteiger partial charge is 0.481 e. The van der Waals surface area contributed by atoms with Gasteiger partial charge in [-0.1, -0.05) is 51.1 Å². The van der Waals surface area contributed by atoms with Crippen molar-refractivity contribution in [2.75, 3.05) is 6.26 Å². The van der Waals surface area contributed by atoms with E-state index < -0.39 is 15.9 Å². The minimum absolute atomic E-state index is 0.211. The molecule has 152 valence electrons. The summed E-state index contributed by atoms with van der Waals surface area (Å²) in [7, 11) is -3.24. The Morgan fingerprint density at radius 1 is 1.04 bits per heavy atom. The summed E-state index contributed by atoms with van der Waals surface area (Å²) in [6, 6.07) is 14.1. The van der Waals surface area contributed by atoms with Crippen LogP contribution in [0.15, 0.2) is 53.4 Å². The molecule has 6 heteroatoms. The Kier molecular flexibility index (Phi) is 7.24. The second-order valence-electron chi connectivity index (χ2n) is 7.26. The van der Waals surface area contributed by atoms with Crippen molar-refractivity contribution in [3.05, 3.63) is 59.7 Å². The lowest BCUT2D eigenvalue weighted by atomic mass is 10.0. The summed E-state index contributed by atoms with van der Waals surface area (Å²) in [6.45, 7) is 7.86. The monoisotopic (exact) mass is 403 g/mol. The predicted molar refractivity (Wildman–Crippen MR) is 111 cm³/mol. The third kappa shape index (κ3) is 5.58. The molecule has 2 atom stereocenters. The van der Waals surface area contributed by atoms with Gasteiger partial charge in [-0.2, -0.15) is 0 Å². The van der Waals surface area contributed by atoms with E-state index in [1.165, 1.54) is 6.26 Å². The summed E-state index contributed by atoms with van der Waals surface area (Å²) in [5.41, 5.74) is 1.92. The molecule has 0 heterocycles. The first-order chi connectivity index (χ1) is 13.1. The Morgan fingerprint density at radius 2 is 1.64 bits per heavy atom. The summed E-state index contributed by atoms with van der Waals surface area (Å²) < 4.78 is 29.1. The first-order valence-corrected chi connectivity index (χ1v) is 11.4. The van der Waals surface area contributed by atoms with Crippen LogP contribution < -0.4 is 10.1 Å². The summed E-state index contributed by atoms with van der Waals surface area (Å²) in [5.74, 6) is 0.798. The Morgan fingerprint density at radius 3 is 2.18 bits per heavy atom. The fourth-order valence-electron chi connectivity index (χ4n) is 2.97. The molecule has 2 rings (SSSR count). The summed E-state index contributed by atoms with van der Waals surface area (Å²) in [6.07, 6.45) is 1.21. The minimum atomic E-state index is -3.24. The van der Waals surface area contributed by atoms with Gasteiger partial charge in [0.25, 0.3) is 5.91 Å². The van der Waals surface area contributed by atoms with Crippen molar-refractivity contribution in [1.29, 1.82) is 0 Å². The number of nitrogens with one attached hydrogen (secondary N) is 1. The second kappa shape index (κ2) is 9.24. The van der Waals surface area contributed by atoms with Gasteiger partial charge in [0.05, 0.1) is 10.9 Å². The maximum absolute atomic E-state index is 12.7. The van der Waals surface area contributed by atoms with Crippen molar-refractivity contribution >= 4 is 15.7 Å². The van der Waals surface area contributed by atoms with Gasteiger partial charge in [0.15, 0.2) is 15.9 Å². The fraction of sp³-hybridized carbons (Fsp3) is 0.409. The van der Waals surface area contributed by atoms with Crippen molar-refractivity contribution in [2.45, 2.75) is 57.1 Å². The van der Waals surface area contributed by atoms with Crippen LogP contribution in [-0.2, 0) is 14.6 Å². The van der Waals surface area contributed by atoms with E-state index in [9.17, 15) is 13.2 Å². The van der Waals surface area contributed by atoms with Gasteiger partial charge in [0, 0.05) is 6.26 Å². The molecule has 0 saturated heterocycles. The van der Waals surface area contributed by atoms with Gasteiger partial charge in [-0.3, -0.25) is 4.79 Å². The standard InChI is InChI=1S/C22H29NO4S/c1-6-20(17-11-13-18(14-12-17)28(5,25)26)23-22(24)16(4)27-21-10-8-7-9-19(21)15(2)3/h7-16,20H,6H2,1-5H3,(H,23,24). The lowest BCUT2D eigenvalue weighted by Gasteiger charge is -2.22. The van der Waals surface area contributed by atoms with Crippen LogP contribution in [0.4, 0.5) is 0 Å². The van der Waals surface area contributed by atoms with Crippen molar-refractivity contribution in [2.24, 2.45) is 0 Å². The number of para-hydroxylation sites is 1. The zero-order chi connectivity index (χ0) is 20.9. The van der Waals surface area contributed by atoms with Crippen LogP contribution in [0.5, 0.6) is 5.75 Å². The average molecular weight is 404 g/mol. The smallest absolute Gasteiger partial charge is 0.261 e. The van der Waals surface area contributed by atoms with E-state index >= 15 is 0 Å². The summed E-state index contributed by atoms with van der Waals surface area (Å²) >= 11 is 0. The van der Waals surface area contributed by atoms with Crippen molar-refractivity contribution in [3.8, 4) is 5.75 Å². The Bertz CT molecular complexity index is 904. The van der Waals surface area contributed by atoms with Crippen LogP contribution in [-0.4, -0.2) is 26.7 Å². The number of rotatable bonds is 8. The summed E-state index contributed by atoms with van der Waals surface area (Å²) in [4.78, 5) is 12.9. The first kappa shape index (κ1) is 22.0. The normalized spacial score (nSPS) is 13.8. The molecule has 1 N–H and O–H groups in total. The van der Waals surface area contributed by atoms with E-state index in [1.807, 2.05) is 31.2 Å². The number of sulfone groups is 1. The van der Waals surface area contributed by atoms with Crippen LogP contribution in [0.2, 0.25) is 0 Å².